The van der Waals surface area contributed by atoms with Gasteiger partial charge in [0, 0.05) is 12.6 Å². The summed E-state index contributed by atoms with van der Waals surface area (Å²) in [6.07, 6.45) is 2.01. The summed E-state index contributed by atoms with van der Waals surface area (Å²) in [5.41, 5.74) is 0. The fourth-order valence-electron chi connectivity index (χ4n) is 1.83. The van der Waals surface area contributed by atoms with Crippen LogP contribution in [0.5, 0.6) is 0 Å². The van der Waals surface area contributed by atoms with E-state index in [1.54, 1.807) is 0 Å². The van der Waals surface area contributed by atoms with E-state index in [2.05, 4.69) is 34.0 Å². The quantitative estimate of drug-likeness (QED) is 0.810. The molecule has 18 heavy (non-hydrogen) atoms. The zero-order valence-corrected chi connectivity index (χ0v) is 12.0. The molecule has 0 spiro atoms. The number of rotatable bonds is 6. The normalized spacial score (nSPS) is 13.1. The molecule has 0 aliphatic carbocycles. The van der Waals surface area contributed by atoms with Crippen molar-refractivity contribution >= 4 is 17.4 Å². The Balaban J connectivity index is 2.77. The molecule has 1 rings (SSSR count). The minimum atomic E-state index is -0.480. The van der Waals surface area contributed by atoms with Gasteiger partial charge < -0.3 is 10.2 Å². The van der Waals surface area contributed by atoms with Gasteiger partial charge >= 0.3 is 0 Å². The molecule has 0 fully saturated rings. The maximum absolute atomic E-state index is 13.5. The highest BCUT2D eigenvalue weighted by atomic mass is 35.5. The maximum Gasteiger partial charge on any atom is 0.224 e. The first-order valence-electron chi connectivity index (χ1n) is 5.97. The Morgan fingerprint density at radius 2 is 2.11 bits per heavy atom. The lowest BCUT2D eigenvalue weighted by Gasteiger charge is -2.24. The van der Waals surface area contributed by atoms with E-state index in [9.17, 15) is 4.39 Å². The third-order valence-corrected chi connectivity index (χ3v) is 2.58. The molecule has 0 saturated heterocycles. The minimum Gasteiger partial charge on any atom is -0.363 e. The van der Waals surface area contributed by atoms with Crippen molar-refractivity contribution in [3.63, 3.8) is 0 Å². The smallest absolute Gasteiger partial charge is 0.224 e. The Morgan fingerprint density at radius 1 is 1.44 bits per heavy atom. The van der Waals surface area contributed by atoms with Crippen LogP contribution in [0.15, 0.2) is 6.20 Å². The molecule has 1 aromatic heterocycles. The molecule has 1 atom stereocenters. The molecule has 0 amide bonds. The van der Waals surface area contributed by atoms with Crippen molar-refractivity contribution in [2.45, 2.75) is 26.3 Å². The molecule has 1 unspecified atom stereocenters. The topological polar surface area (TPSA) is 41.0 Å². The summed E-state index contributed by atoms with van der Waals surface area (Å²) < 4.78 is 13.5. The van der Waals surface area contributed by atoms with E-state index in [1.807, 2.05) is 14.1 Å². The van der Waals surface area contributed by atoms with E-state index >= 15 is 0 Å². The molecule has 1 N–H and O–H groups in total. The Morgan fingerprint density at radius 3 is 2.67 bits per heavy atom. The van der Waals surface area contributed by atoms with Gasteiger partial charge in [-0.2, -0.15) is 4.98 Å². The first-order valence-corrected chi connectivity index (χ1v) is 6.35. The van der Waals surface area contributed by atoms with E-state index in [1.165, 1.54) is 0 Å². The van der Waals surface area contributed by atoms with Crippen LogP contribution in [0, 0.1) is 11.7 Å². The molecular weight excluding hydrogens is 255 g/mol. The van der Waals surface area contributed by atoms with Gasteiger partial charge in [-0.15, -0.1) is 0 Å². The fraction of sp³-hybridized carbons (Fsp3) is 0.667. The summed E-state index contributed by atoms with van der Waals surface area (Å²) in [4.78, 5) is 9.53. The Bertz CT molecular complexity index is 374. The van der Waals surface area contributed by atoms with E-state index < -0.39 is 5.82 Å². The molecule has 0 aliphatic rings. The van der Waals surface area contributed by atoms with Gasteiger partial charge in [0.1, 0.15) is 0 Å². The van der Waals surface area contributed by atoms with Crippen molar-refractivity contribution in [2.75, 3.05) is 26.0 Å². The standard InChI is InChI=1S/C12H20ClFN4/c1-8(2)5-9(7-18(3)4)16-11-10(14)6-15-12(13)17-11/h6,8-9H,5,7H2,1-4H3,(H,15,16,17). The third kappa shape index (κ3) is 5.14. The van der Waals surface area contributed by atoms with Crippen LogP contribution in [0.1, 0.15) is 20.3 Å². The second-order valence-corrected chi connectivity index (χ2v) is 5.41. The van der Waals surface area contributed by atoms with Crippen molar-refractivity contribution in [3.05, 3.63) is 17.3 Å². The fourth-order valence-corrected chi connectivity index (χ4v) is 1.96. The number of nitrogens with one attached hydrogen (secondary N) is 1. The van der Waals surface area contributed by atoms with Gasteiger partial charge in [0.2, 0.25) is 5.28 Å². The summed E-state index contributed by atoms with van der Waals surface area (Å²) in [7, 11) is 3.97. The van der Waals surface area contributed by atoms with Gasteiger partial charge in [0.15, 0.2) is 11.6 Å². The number of nitrogens with zero attached hydrogens (tertiary/aromatic N) is 3. The average Bonchev–Trinajstić information content (AvgIpc) is 2.21. The minimum absolute atomic E-state index is 0.0482. The number of halogens is 2. The van der Waals surface area contributed by atoms with Gasteiger partial charge in [-0.1, -0.05) is 13.8 Å². The summed E-state index contributed by atoms with van der Waals surface area (Å²) >= 11 is 5.67. The first-order chi connectivity index (χ1) is 8.38. The molecule has 0 aromatic carbocycles. The summed E-state index contributed by atoms with van der Waals surface area (Å²) in [6, 6.07) is 0.125. The lowest BCUT2D eigenvalue weighted by Crippen LogP contribution is -2.34. The Kier molecular flexibility index (Phi) is 5.75. The van der Waals surface area contributed by atoms with Crippen LogP contribution in [-0.2, 0) is 0 Å². The molecule has 0 bridgehead atoms. The molecule has 4 nitrogen and oxygen atoms in total. The van der Waals surface area contributed by atoms with E-state index in [-0.39, 0.29) is 17.1 Å². The number of hydrogen-bond acceptors (Lipinski definition) is 4. The number of likely N-dealkylation sites (N-methyl/N-ethyl adjacent to an activating group) is 1. The molecule has 1 heterocycles. The van der Waals surface area contributed by atoms with Crippen molar-refractivity contribution in [1.29, 1.82) is 0 Å². The van der Waals surface area contributed by atoms with Crippen LogP contribution in [-0.4, -0.2) is 41.5 Å². The zero-order valence-electron chi connectivity index (χ0n) is 11.2. The molecule has 0 aliphatic heterocycles. The third-order valence-electron chi connectivity index (χ3n) is 2.40. The van der Waals surface area contributed by atoms with Gasteiger partial charge in [0.25, 0.3) is 0 Å². The summed E-state index contributed by atoms with van der Waals surface area (Å²) in [6.45, 7) is 5.07. The van der Waals surface area contributed by atoms with Gasteiger partial charge in [-0.3, -0.25) is 0 Å². The van der Waals surface area contributed by atoms with Crippen LogP contribution >= 0.6 is 11.6 Å². The lowest BCUT2D eigenvalue weighted by molar-refractivity contribution is 0.355. The van der Waals surface area contributed by atoms with Crippen LogP contribution in [0.3, 0.4) is 0 Å². The molecule has 1 aromatic rings. The van der Waals surface area contributed by atoms with Crippen LogP contribution in [0.25, 0.3) is 0 Å². The molecule has 6 heteroatoms. The Hall–Kier alpha value is -0.940. The highest BCUT2D eigenvalue weighted by Crippen LogP contribution is 2.16. The van der Waals surface area contributed by atoms with E-state index in [0.29, 0.717) is 5.92 Å². The predicted molar refractivity (Wildman–Crippen MR) is 72.4 cm³/mol. The molecule has 102 valence electrons. The van der Waals surface area contributed by atoms with Crippen LogP contribution < -0.4 is 5.32 Å². The summed E-state index contributed by atoms with van der Waals surface area (Å²) in [5.74, 6) is 0.206. The number of hydrogen-bond donors (Lipinski definition) is 1. The van der Waals surface area contributed by atoms with Crippen molar-refractivity contribution in [1.82, 2.24) is 14.9 Å². The second-order valence-electron chi connectivity index (χ2n) is 5.07. The van der Waals surface area contributed by atoms with Crippen molar-refractivity contribution in [3.8, 4) is 0 Å². The van der Waals surface area contributed by atoms with E-state index in [0.717, 1.165) is 19.2 Å². The van der Waals surface area contributed by atoms with Gasteiger partial charge in [0.05, 0.1) is 6.20 Å². The Labute approximate surface area is 113 Å². The lowest BCUT2D eigenvalue weighted by atomic mass is 10.0. The van der Waals surface area contributed by atoms with E-state index in [4.69, 9.17) is 11.6 Å². The largest absolute Gasteiger partial charge is 0.363 e. The van der Waals surface area contributed by atoms with Crippen molar-refractivity contribution < 1.29 is 4.39 Å². The molecule has 0 saturated carbocycles. The van der Waals surface area contributed by atoms with Crippen LogP contribution in [0.4, 0.5) is 10.2 Å². The molecular formula is C12H20ClFN4. The number of anilines is 1. The highest BCUT2D eigenvalue weighted by molar-refractivity contribution is 6.28. The SMILES string of the molecule is CC(C)CC(CN(C)C)Nc1nc(Cl)ncc1F. The maximum atomic E-state index is 13.5. The first kappa shape index (κ1) is 15.1. The monoisotopic (exact) mass is 274 g/mol. The number of aromatic nitrogens is 2. The molecule has 0 radical (unpaired) electrons. The van der Waals surface area contributed by atoms with Gasteiger partial charge in [-0.05, 0) is 38.0 Å². The zero-order chi connectivity index (χ0) is 13.7. The predicted octanol–water partition coefficient (Wildman–Crippen LogP) is 2.66. The highest BCUT2D eigenvalue weighted by Gasteiger charge is 2.15. The average molecular weight is 275 g/mol. The second kappa shape index (κ2) is 6.85. The summed E-state index contributed by atoms with van der Waals surface area (Å²) in [5, 5.41) is 3.15. The van der Waals surface area contributed by atoms with Gasteiger partial charge in [-0.25, -0.2) is 9.37 Å². The van der Waals surface area contributed by atoms with Crippen molar-refractivity contribution in [2.24, 2.45) is 5.92 Å². The van der Waals surface area contributed by atoms with Crippen LogP contribution in [0.2, 0.25) is 5.28 Å².